The summed E-state index contributed by atoms with van der Waals surface area (Å²) in [7, 11) is 0. The minimum absolute atomic E-state index is 0.149. The Bertz CT molecular complexity index is 795. The van der Waals surface area contributed by atoms with E-state index < -0.39 is 0 Å². The second kappa shape index (κ2) is 7.55. The monoisotopic (exact) mass is 340 g/mol. The van der Waals surface area contributed by atoms with Crippen molar-refractivity contribution < 1.29 is 9.90 Å². The predicted octanol–water partition coefficient (Wildman–Crippen LogP) is 3.02. The molecule has 1 aliphatic rings. The first-order valence-electron chi connectivity index (χ1n) is 8.83. The van der Waals surface area contributed by atoms with Crippen LogP contribution in [-0.2, 0) is 6.42 Å². The quantitative estimate of drug-likeness (QED) is 0.898. The number of piperidine rings is 1. The average Bonchev–Trinajstić information content (AvgIpc) is 2.61. The van der Waals surface area contributed by atoms with E-state index in [-0.39, 0.29) is 28.7 Å². The van der Waals surface area contributed by atoms with Gasteiger partial charge in [0.2, 0.25) is 0 Å². The first kappa shape index (κ1) is 17.3. The maximum atomic E-state index is 12.9. The minimum Gasteiger partial charge on any atom is -0.508 e. The third-order valence-corrected chi connectivity index (χ3v) is 4.88. The molecule has 1 unspecified atom stereocenters. The van der Waals surface area contributed by atoms with Crippen molar-refractivity contribution in [1.29, 1.82) is 0 Å². The minimum atomic E-state index is -0.218. The van der Waals surface area contributed by atoms with Gasteiger partial charge in [-0.2, -0.15) is 0 Å². The molecule has 132 valence electrons. The van der Waals surface area contributed by atoms with Crippen molar-refractivity contribution in [3.63, 3.8) is 0 Å². The van der Waals surface area contributed by atoms with Crippen LogP contribution in [0.1, 0.15) is 47.3 Å². The molecule has 0 radical (unpaired) electrons. The highest BCUT2D eigenvalue weighted by atomic mass is 16.3. The summed E-state index contributed by atoms with van der Waals surface area (Å²) in [5.74, 6) is 0.0912. The number of aromatic nitrogens is 1. The highest BCUT2D eigenvalue weighted by Gasteiger charge is 2.28. The van der Waals surface area contributed by atoms with Crippen LogP contribution in [0, 0.1) is 6.92 Å². The van der Waals surface area contributed by atoms with E-state index in [1.165, 1.54) is 12.3 Å². The van der Waals surface area contributed by atoms with Crippen LogP contribution in [0.5, 0.6) is 5.75 Å². The Morgan fingerprint density at radius 1 is 1.28 bits per heavy atom. The number of aryl methyl sites for hydroxylation is 2. The van der Waals surface area contributed by atoms with Crippen LogP contribution in [0.15, 0.2) is 41.3 Å². The van der Waals surface area contributed by atoms with Crippen molar-refractivity contribution in [3.05, 3.63) is 63.6 Å². The number of phenolic OH excluding ortho intramolecular Hbond substituents is 1. The smallest absolute Gasteiger partial charge is 0.259 e. The van der Waals surface area contributed by atoms with Gasteiger partial charge < -0.3 is 15.0 Å². The second-order valence-corrected chi connectivity index (χ2v) is 6.75. The van der Waals surface area contributed by atoms with Gasteiger partial charge in [-0.25, -0.2) is 0 Å². The van der Waals surface area contributed by atoms with E-state index >= 15 is 0 Å². The number of carbonyl (C=O) groups is 1. The summed E-state index contributed by atoms with van der Waals surface area (Å²) in [6.07, 6.45) is 6.29. The number of amides is 1. The summed E-state index contributed by atoms with van der Waals surface area (Å²) in [6.45, 7) is 2.50. The summed E-state index contributed by atoms with van der Waals surface area (Å²) in [5, 5.41) is 9.37. The van der Waals surface area contributed by atoms with Crippen LogP contribution in [0.2, 0.25) is 0 Å². The van der Waals surface area contributed by atoms with E-state index in [2.05, 4.69) is 4.98 Å². The second-order valence-electron chi connectivity index (χ2n) is 6.75. The molecule has 1 atom stereocenters. The fraction of sp³-hybridized carbons (Fsp3) is 0.400. The fourth-order valence-corrected chi connectivity index (χ4v) is 3.46. The van der Waals surface area contributed by atoms with Gasteiger partial charge in [0.05, 0.1) is 0 Å². The Hall–Kier alpha value is -2.56. The summed E-state index contributed by atoms with van der Waals surface area (Å²) in [5.41, 5.74) is 1.90. The standard InChI is InChI=1S/C20H24N2O3/c1-14-12-19(24)18(13-21-14)20(25)22-11-3-2-4-16(22)8-5-15-6-9-17(23)10-7-15/h6-7,9-10,12-13,16,23H,2-5,8,11H2,1H3,(H,21,24). The topological polar surface area (TPSA) is 73.4 Å². The third-order valence-electron chi connectivity index (χ3n) is 4.88. The number of aromatic hydroxyl groups is 1. The highest BCUT2D eigenvalue weighted by molar-refractivity contribution is 5.94. The molecule has 2 heterocycles. The lowest BCUT2D eigenvalue weighted by Crippen LogP contribution is -2.45. The first-order chi connectivity index (χ1) is 12.0. The van der Waals surface area contributed by atoms with E-state index in [4.69, 9.17) is 0 Å². The maximum absolute atomic E-state index is 12.9. The number of rotatable bonds is 4. The molecule has 0 bridgehead atoms. The van der Waals surface area contributed by atoms with E-state index in [9.17, 15) is 14.7 Å². The Labute approximate surface area is 147 Å². The normalized spacial score (nSPS) is 17.5. The molecule has 1 aromatic carbocycles. The number of carbonyl (C=O) groups excluding carboxylic acids is 1. The lowest BCUT2D eigenvalue weighted by atomic mass is 9.95. The number of pyridine rings is 1. The number of phenols is 1. The van der Waals surface area contributed by atoms with E-state index in [1.54, 1.807) is 19.1 Å². The van der Waals surface area contributed by atoms with Crippen molar-refractivity contribution in [2.75, 3.05) is 6.54 Å². The number of benzene rings is 1. The van der Waals surface area contributed by atoms with E-state index in [0.29, 0.717) is 6.54 Å². The van der Waals surface area contributed by atoms with Crippen molar-refractivity contribution in [2.24, 2.45) is 0 Å². The van der Waals surface area contributed by atoms with Crippen LogP contribution < -0.4 is 5.43 Å². The molecule has 0 saturated carbocycles. The molecule has 0 spiro atoms. The zero-order valence-corrected chi connectivity index (χ0v) is 14.5. The average molecular weight is 340 g/mol. The largest absolute Gasteiger partial charge is 0.508 e. The van der Waals surface area contributed by atoms with Crippen molar-refractivity contribution in [3.8, 4) is 5.75 Å². The molecular weight excluding hydrogens is 316 g/mol. The van der Waals surface area contributed by atoms with E-state index in [0.717, 1.165) is 43.4 Å². The van der Waals surface area contributed by atoms with Crippen LogP contribution in [0.3, 0.4) is 0 Å². The molecule has 1 aliphatic heterocycles. The zero-order chi connectivity index (χ0) is 17.8. The van der Waals surface area contributed by atoms with Gasteiger partial charge in [0.25, 0.3) is 5.91 Å². The van der Waals surface area contributed by atoms with Gasteiger partial charge in [0, 0.05) is 30.5 Å². The number of likely N-dealkylation sites (tertiary alicyclic amines) is 1. The van der Waals surface area contributed by atoms with Crippen molar-refractivity contribution in [1.82, 2.24) is 9.88 Å². The van der Waals surface area contributed by atoms with Gasteiger partial charge in [-0.15, -0.1) is 0 Å². The summed E-state index contributed by atoms with van der Waals surface area (Å²) >= 11 is 0. The van der Waals surface area contributed by atoms with E-state index in [1.807, 2.05) is 17.0 Å². The van der Waals surface area contributed by atoms with Gasteiger partial charge in [0.15, 0.2) is 5.43 Å². The molecule has 25 heavy (non-hydrogen) atoms. The lowest BCUT2D eigenvalue weighted by molar-refractivity contribution is 0.0600. The number of nitrogens with one attached hydrogen (secondary N) is 1. The van der Waals surface area contributed by atoms with Crippen LogP contribution in [0.25, 0.3) is 0 Å². The van der Waals surface area contributed by atoms with Gasteiger partial charge >= 0.3 is 0 Å². The van der Waals surface area contributed by atoms with Gasteiger partial charge in [-0.05, 0) is 56.7 Å². The molecule has 1 fully saturated rings. The maximum Gasteiger partial charge on any atom is 0.259 e. The molecular formula is C20H24N2O3. The zero-order valence-electron chi connectivity index (χ0n) is 14.5. The van der Waals surface area contributed by atoms with Crippen molar-refractivity contribution in [2.45, 2.75) is 45.1 Å². The number of H-pyrrole nitrogens is 1. The molecule has 1 amide bonds. The highest BCUT2D eigenvalue weighted by Crippen LogP contribution is 2.23. The molecule has 3 rings (SSSR count). The molecule has 2 N–H and O–H groups in total. The fourth-order valence-electron chi connectivity index (χ4n) is 3.46. The molecule has 1 saturated heterocycles. The summed E-state index contributed by atoms with van der Waals surface area (Å²) < 4.78 is 0. The number of hydrogen-bond acceptors (Lipinski definition) is 3. The molecule has 2 aromatic rings. The Kier molecular flexibility index (Phi) is 5.22. The third kappa shape index (κ3) is 4.10. The summed E-state index contributed by atoms with van der Waals surface area (Å²) in [4.78, 5) is 29.9. The molecule has 1 aromatic heterocycles. The van der Waals surface area contributed by atoms with Gasteiger partial charge in [0.1, 0.15) is 11.3 Å². The Balaban J connectivity index is 1.72. The SMILES string of the molecule is Cc1cc(=O)c(C(=O)N2CCCCC2CCc2ccc(O)cc2)c[nH]1. The number of hydrogen-bond donors (Lipinski definition) is 2. The predicted molar refractivity (Wildman–Crippen MR) is 96.9 cm³/mol. The Morgan fingerprint density at radius 2 is 2.04 bits per heavy atom. The molecule has 0 aliphatic carbocycles. The number of nitrogens with zero attached hydrogens (tertiary/aromatic N) is 1. The Morgan fingerprint density at radius 3 is 2.76 bits per heavy atom. The summed E-state index contributed by atoms with van der Waals surface area (Å²) in [6, 6.07) is 8.82. The van der Waals surface area contributed by atoms with Crippen molar-refractivity contribution >= 4 is 5.91 Å². The van der Waals surface area contributed by atoms with Crippen LogP contribution in [-0.4, -0.2) is 33.5 Å². The molecule has 5 nitrogen and oxygen atoms in total. The first-order valence-corrected chi connectivity index (χ1v) is 8.83. The van der Waals surface area contributed by atoms with Crippen LogP contribution >= 0.6 is 0 Å². The number of aromatic amines is 1. The van der Waals surface area contributed by atoms with Crippen LogP contribution in [0.4, 0.5) is 0 Å². The lowest BCUT2D eigenvalue weighted by Gasteiger charge is -2.36. The molecule has 5 heteroatoms. The van der Waals surface area contributed by atoms with Gasteiger partial charge in [-0.1, -0.05) is 12.1 Å². The van der Waals surface area contributed by atoms with Gasteiger partial charge in [-0.3, -0.25) is 9.59 Å².